The zero-order valence-corrected chi connectivity index (χ0v) is 19.6. The number of rotatable bonds is 8. The fourth-order valence-electron chi connectivity index (χ4n) is 3.85. The average Bonchev–Trinajstić information content (AvgIpc) is 2.89. The lowest BCUT2D eigenvalue weighted by atomic mass is 9.88. The molecular weight excluding hydrogens is 461 g/mol. The molecule has 1 amide bonds. The van der Waals surface area contributed by atoms with E-state index in [1.54, 1.807) is 6.92 Å². The van der Waals surface area contributed by atoms with Gasteiger partial charge in [0.2, 0.25) is 5.91 Å². The molecule has 0 bridgehead atoms. The summed E-state index contributed by atoms with van der Waals surface area (Å²) in [5, 5.41) is 6.80. The van der Waals surface area contributed by atoms with E-state index in [1.165, 1.54) is 24.3 Å². The first-order valence-corrected chi connectivity index (χ1v) is 11.4. The van der Waals surface area contributed by atoms with Crippen molar-refractivity contribution in [2.45, 2.75) is 19.3 Å². The molecule has 0 aliphatic carbocycles. The summed E-state index contributed by atoms with van der Waals surface area (Å²) in [5.41, 5.74) is 1.28. The molecule has 36 heavy (non-hydrogen) atoms. The van der Waals surface area contributed by atoms with E-state index in [0.29, 0.717) is 0 Å². The lowest BCUT2D eigenvalue weighted by molar-refractivity contribution is -0.116. The third kappa shape index (κ3) is 5.72. The van der Waals surface area contributed by atoms with Gasteiger partial charge >= 0.3 is 5.97 Å². The molecular formula is C28H24FN3O4. The fourth-order valence-corrected chi connectivity index (χ4v) is 3.85. The second-order valence-corrected chi connectivity index (χ2v) is 7.98. The van der Waals surface area contributed by atoms with Crippen LogP contribution in [0.2, 0.25) is 0 Å². The van der Waals surface area contributed by atoms with Crippen molar-refractivity contribution in [2.24, 2.45) is 0 Å². The van der Waals surface area contributed by atoms with Gasteiger partial charge in [-0.3, -0.25) is 9.59 Å². The molecule has 1 N–H and O–H groups in total. The first-order chi connectivity index (χ1) is 17.5. The number of carbonyl (C=O) groups is 2. The first-order valence-electron chi connectivity index (χ1n) is 11.4. The summed E-state index contributed by atoms with van der Waals surface area (Å²) in [6, 6.07) is 25.4. The molecule has 8 heteroatoms. The van der Waals surface area contributed by atoms with Crippen molar-refractivity contribution in [1.82, 2.24) is 9.78 Å². The van der Waals surface area contributed by atoms with Crippen molar-refractivity contribution < 1.29 is 18.7 Å². The Bertz CT molecular complexity index is 1370. The molecule has 1 heterocycles. The molecule has 0 atom stereocenters. The highest BCUT2D eigenvalue weighted by Gasteiger charge is 2.23. The Morgan fingerprint density at radius 2 is 1.53 bits per heavy atom. The van der Waals surface area contributed by atoms with Gasteiger partial charge in [0.15, 0.2) is 5.69 Å². The lowest BCUT2D eigenvalue weighted by Gasteiger charge is -2.18. The lowest BCUT2D eigenvalue weighted by Crippen LogP contribution is -2.27. The average molecular weight is 486 g/mol. The van der Waals surface area contributed by atoms with Crippen LogP contribution >= 0.6 is 0 Å². The van der Waals surface area contributed by atoms with Crippen LogP contribution in [0, 0.1) is 5.82 Å². The Balaban J connectivity index is 1.67. The van der Waals surface area contributed by atoms with E-state index >= 15 is 0 Å². The van der Waals surface area contributed by atoms with Crippen molar-refractivity contribution >= 4 is 17.6 Å². The van der Waals surface area contributed by atoms with Crippen molar-refractivity contribution in [3.8, 4) is 5.69 Å². The topological polar surface area (TPSA) is 90.3 Å². The highest BCUT2D eigenvalue weighted by Crippen LogP contribution is 2.28. The largest absolute Gasteiger partial charge is 0.461 e. The van der Waals surface area contributed by atoms with E-state index < -0.39 is 23.3 Å². The zero-order chi connectivity index (χ0) is 25.5. The quantitative estimate of drug-likeness (QED) is 0.365. The molecule has 7 nitrogen and oxygen atoms in total. The standard InChI is InChI=1S/C28H24FN3O4/c1-2-36-28(35)27-24(18-26(34)32(31-27)22-15-13-21(29)14-16-22)30-25(33)17-23(19-9-5-3-6-10-19)20-11-7-4-8-12-20/h3-16,18,23H,2,17H2,1H3,(H,30,33). The van der Waals surface area contributed by atoms with Gasteiger partial charge in [-0.1, -0.05) is 60.7 Å². The Morgan fingerprint density at radius 3 is 2.08 bits per heavy atom. The molecule has 0 radical (unpaired) electrons. The Morgan fingerprint density at radius 1 is 0.944 bits per heavy atom. The second kappa shape index (κ2) is 11.2. The zero-order valence-electron chi connectivity index (χ0n) is 19.6. The molecule has 182 valence electrons. The van der Waals surface area contributed by atoms with Crippen molar-refractivity contribution in [1.29, 1.82) is 0 Å². The monoisotopic (exact) mass is 485 g/mol. The van der Waals surface area contributed by atoms with Gasteiger partial charge in [-0.15, -0.1) is 0 Å². The number of hydrogen-bond acceptors (Lipinski definition) is 5. The van der Waals surface area contributed by atoms with Gasteiger partial charge in [0, 0.05) is 18.4 Å². The number of carbonyl (C=O) groups excluding carboxylic acids is 2. The summed E-state index contributed by atoms with van der Waals surface area (Å²) in [4.78, 5) is 38.6. The van der Waals surface area contributed by atoms with Gasteiger partial charge in [0.25, 0.3) is 5.56 Å². The van der Waals surface area contributed by atoms with Crippen LogP contribution in [0.15, 0.2) is 95.8 Å². The molecule has 4 rings (SSSR count). The highest BCUT2D eigenvalue weighted by molar-refractivity contribution is 6.00. The minimum absolute atomic E-state index is 0.0540. The van der Waals surface area contributed by atoms with Crippen LogP contribution in [0.1, 0.15) is 40.9 Å². The maximum atomic E-state index is 13.3. The number of anilines is 1. The number of hydrogen-bond donors (Lipinski definition) is 1. The van der Waals surface area contributed by atoms with E-state index in [-0.39, 0.29) is 36.0 Å². The summed E-state index contributed by atoms with van der Waals surface area (Å²) in [6.07, 6.45) is 0.0668. The Hall–Kier alpha value is -4.59. The molecule has 0 aliphatic heterocycles. The molecule has 0 spiro atoms. The number of aromatic nitrogens is 2. The van der Waals surface area contributed by atoms with Gasteiger partial charge in [-0.25, -0.2) is 9.18 Å². The molecule has 3 aromatic carbocycles. The minimum Gasteiger partial charge on any atom is -0.461 e. The SMILES string of the molecule is CCOC(=O)c1nn(-c2ccc(F)cc2)c(=O)cc1NC(=O)CC(c1ccccc1)c1ccccc1. The molecule has 0 saturated carbocycles. The third-order valence-corrected chi connectivity index (χ3v) is 5.54. The Labute approximate surface area is 207 Å². The minimum atomic E-state index is -0.800. The van der Waals surface area contributed by atoms with Crippen LogP contribution in [0.3, 0.4) is 0 Å². The molecule has 0 unspecified atom stereocenters. The number of nitrogens with one attached hydrogen (secondary N) is 1. The summed E-state index contributed by atoms with van der Waals surface area (Å²) in [6.45, 7) is 1.71. The third-order valence-electron chi connectivity index (χ3n) is 5.54. The van der Waals surface area contributed by atoms with E-state index in [2.05, 4.69) is 10.4 Å². The normalized spacial score (nSPS) is 10.8. The Kier molecular flexibility index (Phi) is 7.65. The molecule has 0 fully saturated rings. The predicted octanol–water partition coefficient (Wildman–Crippen LogP) is 4.71. The van der Waals surface area contributed by atoms with Gasteiger partial charge < -0.3 is 10.1 Å². The van der Waals surface area contributed by atoms with Gasteiger partial charge in [-0.05, 0) is 42.3 Å². The molecule has 0 aliphatic rings. The smallest absolute Gasteiger partial charge is 0.360 e. The van der Waals surface area contributed by atoms with Crippen LogP contribution in [0.5, 0.6) is 0 Å². The summed E-state index contributed by atoms with van der Waals surface area (Å²) in [7, 11) is 0. The fraction of sp³-hybridized carbons (Fsp3) is 0.143. The first kappa shape index (κ1) is 24.5. The van der Waals surface area contributed by atoms with Gasteiger partial charge in [0.1, 0.15) is 5.82 Å². The van der Waals surface area contributed by atoms with Crippen LogP contribution in [-0.4, -0.2) is 28.3 Å². The molecule has 4 aromatic rings. The number of nitrogens with zero attached hydrogens (tertiary/aromatic N) is 2. The van der Waals surface area contributed by atoms with E-state index in [4.69, 9.17) is 4.74 Å². The number of ether oxygens (including phenoxy) is 1. The van der Waals surface area contributed by atoms with E-state index in [1.807, 2.05) is 60.7 Å². The number of halogens is 1. The maximum absolute atomic E-state index is 13.3. The maximum Gasteiger partial charge on any atom is 0.360 e. The van der Waals surface area contributed by atoms with Crippen molar-refractivity contribution in [3.05, 3.63) is 124 Å². The second-order valence-electron chi connectivity index (χ2n) is 7.98. The molecule has 0 saturated heterocycles. The van der Waals surface area contributed by atoms with Crippen molar-refractivity contribution in [2.75, 3.05) is 11.9 Å². The predicted molar refractivity (Wildman–Crippen MR) is 134 cm³/mol. The number of esters is 1. The summed E-state index contributed by atoms with van der Waals surface area (Å²) >= 11 is 0. The van der Waals surface area contributed by atoms with E-state index in [9.17, 15) is 18.8 Å². The van der Waals surface area contributed by atoms with Crippen LogP contribution < -0.4 is 10.9 Å². The van der Waals surface area contributed by atoms with Crippen molar-refractivity contribution in [3.63, 3.8) is 0 Å². The van der Waals surface area contributed by atoms with Crippen LogP contribution in [0.4, 0.5) is 10.1 Å². The summed E-state index contributed by atoms with van der Waals surface area (Å²) in [5.74, 6) is -1.93. The van der Waals surface area contributed by atoms with Gasteiger partial charge in [-0.2, -0.15) is 9.78 Å². The number of benzene rings is 3. The highest BCUT2D eigenvalue weighted by atomic mass is 19.1. The van der Waals surface area contributed by atoms with Crippen LogP contribution in [-0.2, 0) is 9.53 Å². The summed E-state index contributed by atoms with van der Waals surface area (Å²) < 4.78 is 19.4. The van der Waals surface area contributed by atoms with Crippen LogP contribution in [0.25, 0.3) is 5.69 Å². The number of amides is 1. The molecule has 1 aromatic heterocycles. The van der Waals surface area contributed by atoms with E-state index in [0.717, 1.165) is 21.9 Å². The van der Waals surface area contributed by atoms with Gasteiger partial charge in [0.05, 0.1) is 18.0 Å².